The van der Waals surface area contributed by atoms with Crippen LogP contribution >= 0.6 is 0 Å². The third-order valence-corrected chi connectivity index (χ3v) is 3.60. The number of hydrogen-bond donors (Lipinski definition) is 1. The van der Waals surface area contributed by atoms with Crippen LogP contribution in [0.5, 0.6) is 17.2 Å². The van der Waals surface area contributed by atoms with Crippen molar-refractivity contribution < 1.29 is 19.4 Å². The van der Waals surface area contributed by atoms with Crippen molar-refractivity contribution in [3.05, 3.63) is 53.6 Å². The fourth-order valence-corrected chi connectivity index (χ4v) is 2.34. The molecule has 0 heterocycles. The van der Waals surface area contributed by atoms with E-state index in [4.69, 9.17) is 14.2 Å². The molecule has 25 heavy (non-hydrogen) atoms. The summed E-state index contributed by atoms with van der Waals surface area (Å²) in [6.07, 6.45) is 1.82. The van der Waals surface area contributed by atoms with Crippen molar-refractivity contribution in [2.75, 3.05) is 20.3 Å². The molecule has 0 aliphatic carbocycles. The monoisotopic (exact) mass is 343 g/mol. The molecule has 0 radical (unpaired) electrons. The third-order valence-electron chi connectivity index (χ3n) is 3.60. The van der Waals surface area contributed by atoms with Gasteiger partial charge in [-0.3, -0.25) is 0 Å². The molecule has 0 spiro atoms. The minimum absolute atomic E-state index is 0.464. The molecule has 5 heteroatoms. The Balaban J connectivity index is 2.34. The second-order valence-corrected chi connectivity index (χ2v) is 5.54. The molecule has 2 rings (SSSR count). The van der Waals surface area contributed by atoms with Crippen LogP contribution in [0.2, 0.25) is 0 Å². The van der Waals surface area contributed by atoms with Gasteiger partial charge in [0.2, 0.25) is 0 Å². The van der Waals surface area contributed by atoms with E-state index >= 15 is 0 Å². The van der Waals surface area contributed by atoms with E-state index in [1.54, 1.807) is 7.11 Å². The number of hydrogen-bond acceptors (Lipinski definition) is 5. The molecule has 0 atom stereocenters. The van der Waals surface area contributed by atoms with E-state index in [1.165, 1.54) is 0 Å². The largest absolute Gasteiger partial charge is 0.497 e. The zero-order valence-electron chi connectivity index (χ0n) is 15.0. The van der Waals surface area contributed by atoms with Gasteiger partial charge >= 0.3 is 0 Å². The summed E-state index contributed by atoms with van der Waals surface area (Å²) in [4.78, 5) is 0. The molecular formula is C20H25NO4. The van der Waals surface area contributed by atoms with E-state index in [9.17, 15) is 5.21 Å². The van der Waals surface area contributed by atoms with Crippen LogP contribution in [0, 0.1) is 0 Å². The predicted molar refractivity (Wildman–Crippen MR) is 98.4 cm³/mol. The molecule has 0 saturated carbocycles. The Morgan fingerprint density at radius 3 is 2.04 bits per heavy atom. The van der Waals surface area contributed by atoms with Crippen LogP contribution in [0.15, 0.2) is 47.6 Å². The van der Waals surface area contributed by atoms with Crippen molar-refractivity contribution in [1.29, 1.82) is 0 Å². The first kappa shape index (κ1) is 18.6. The van der Waals surface area contributed by atoms with Crippen molar-refractivity contribution in [3.8, 4) is 17.2 Å². The summed E-state index contributed by atoms with van der Waals surface area (Å²) in [6, 6.07) is 12.9. The second kappa shape index (κ2) is 9.57. The first-order valence-electron chi connectivity index (χ1n) is 8.50. The van der Waals surface area contributed by atoms with Crippen LogP contribution < -0.4 is 14.2 Å². The van der Waals surface area contributed by atoms with Crippen LogP contribution in [-0.2, 0) is 0 Å². The van der Waals surface area contributed by atoms with Gasteiger partial charge in [-0.25, -0.2) is 0 Å². The molecule has 0 aromatic heterocycles. The van der Waals surface area contributed by atoms with Gasteiger partial charge in [-0.05, 0) is 55.3 Å². The topological polar surface area (TPSA) is 60.3 Å². The molecule has 0 aliphatic heterocycles. The zero-order valence-corrected chi connectivity index (χ0v) is 15.0. The zero-order chi connectivity index (χ0) is 18.1. The van der Waals surface area contributed by atoms with Gasteiger partial charge in [-0.2, -0.15) is 0 Å². The molecule has 134 valence electrons. The predicted octanol–water partition coefficient (Wildman–Crippen LogP) is 4.50. The minimum Gasteiger partial charge on any atom is -0.497 e. The van der Waals surface area contributed by atoms with Gasteiger partial charge in [0.25, 0.3) is 0 Å². The summed E-state index contributed by atoms with van der Waals surface area (Å²) < 4.78 is 16.7. The summed E-state index contributed by atoms with van der Waals surface area (Å²) in [7, 11) is 1.61. The quantitative estimate of drug-likeness (QED) is 0.414. The molecule has 0 bridgehead atoms. The molecule has 5 nitrogen and oxygen atoms in total. The summed E-state index contributed by atoms with van der Waals surface area (Å²) in [6.45, 7) is 5.33. The van der Waals surface area contributed by atoms with Crippen LogP contribution in [0.4, 0.5) is 0 Å². The van der Waals surface area contributed by atoms with Gasteiger partial charge in [0, 0.05) is 11.1 Å². The summed E-state index contributed by atoms with van der Waals surface area (Å²) >= 11 is 0. The maximum Gasteiger partial charge on any atom is 0.161 e. The summed E-state index contributed by atoms with van der Waals surface area (Å²) in [5.74, 6) is 2.10. The van der Waals surface area contributed by atoms with Gasteiger partial charge in [0.15, 0.2) is 11.5 Å². The molecular weight excluding hydrogens is 318 g/mol. The van der Waals surface area contributed by atoms with Crippen LogP contribution in [0.25, 0.3) is 0 Å². The fourth-order valence-electron chi connectivity index (χ4n) is 2.34. The van der Waals surface area contributed by atoms with E-state index in [-0.39, 0.29) is 0 Å². The highest BCUT2D eigenvalue weighted by Crippen LogP contribution is 2.30. The van der Waals surface area contributed by atoms with Crippen LogP contribution in [-0.4, -0.2) is 31.2 Å². The first-order valence-corrected chi connectivity index (χ1v) is 8.50. The summed E-state index contributed by atoms with van der Waals surface area (Å²) in [5.41, 5.74) is 2.00. The average molecular weight is 343 g/mol. The highest BCUT2D eigenvalue weighted by atomic mass is 16.5. The number of methoxy groups -OCH3 is 1. The molecule has 1 N–H and O–H groups in total. The minimum atomic E-state index is 0.464. The van der Waals surface area contributed by atoms with Crippen molar-refractivity contribution in [3.63, 3.8) is 0 Å². The van der Waals surface area contributed by atoms with E-state index in [0.717, 1.165) is 29.7 Å². The van der Waals surface area contributed by atoms with Crippen LogP contribution in [0.3, 0.4) is 0 Å². The van der Waals surface area contributed by atoms with E-state index in [0.29, 0.717) is 30.4 Å². The Kier molecular flexibility index (Phi) is 7.14. The van der Waals surface area contributed by atoms with Gasteiger partial charge in [-0.15, -0.1) is 0 Å². The molecule has 0 amide bonds. The van der Waals surface area contributed by atoms with Gasteiger partial charge in [0.05, 0.1) is 20.3 Å². The molecule has 0 fully saturated rings. The second-order valence-electron chi connectivity index (χ2n) is 5.54. The molecule has 2 aromatic carbocycles. The lowest BCUT2D eigenvalue weighted by Crippen LogP contribution is -2.06. The van der Waals surface area contributed by atoms with Crippen molar-refractivity contribution >= 4 is 5.71 Å². The molecule has 0 saturated heterocycles. The van der Waals surface area contributed by atoms with Crippen LogP contribution in [0.1, 0.15) is 37.8 Å². The Morgan fingerprint density at radius 1 is 0.880 bits per heavy atom. The normalized spacial score (nSPS) is 11.2. The molecule has 0 unspecified atom stereocenters. The number of benzene rings is 2. The van der Waals surface area contributed by atoms with Crippen molar-refractivity contribution in [2.24, 2.45) is 5.16 Å². The number of ether oxygens (including phenoxy) is 3. The fraction of sp³-hybridized carbons (Fsp3) is 0.350. The smallest absolute Gasteiger partial charge is 0.161 e. The highest BCUT2D eigenvalue weighted by molar-refractivity contribution is 6.12. The number of rotatable bonds is 9. The third kappa shape index (κ3) is 4.89. The van der Waals surface area contributed by atoms with E-state index < -0.39 is 0 Å². The standard InChI is InChI=1S/C20H25NO4/c1-4-12-24-18-11-8-16(14-19(18)25-13-5-2)20(21-22)15-6-9-17(23-3)10-7-15/h6-11,14,22H,4-5,12-13H2,1-3H3. The SMILES string of the molecule is CCCOc1ccc(C(=NO)c2ccc(OC)cc2)cc1OCCC. The van der Waals surface area contributed by atoms with E-state index in [1.807, 2.05) is 49.4 Å². The Labute approximate surface area is 148 Å². The maximum absolute atomic E-state index is 9.52. The maximum atomic E-state index is 9.52. The van der Waals surface area contributed by atoms with Gasteiger partial charge < -0.3 is 19.4 Å². The Morgan fingerprint density at radius 2 is 1.48 bits per heavy atom. The first-order chi connectivity index (χ1) is 12.2. The van der Waals surface area contributed by atoms with Crippen molar-refractivity contribution in [2.45, 2.75) is 26.7 Å². The van der Waals surface area contributed by atoms with E-state index in [2.05, 4.69) is 12.1 Å². The lowest BCUT2D eigenvalue weighted by atomic mass is 10.0. The summed E-state index contributed by atoms with van der Waals surface area (Å²) in [5, 5.41) is 13.0. The average Bonchev–Trinajstić information content (AvgIpc) is 2.66. The molecule has 2 aromatic rings. The van der Waals surface area contributed by atoms with Gasteiger partial charge in [-0.1, -0.05) is 19.0 Å². The Bertz CT molecular complexity index is 695. The van der Waals surface area contributed by atoms with Crippen molar-refractivity contribution in [1.82, 2.24) is 0 Å². The molecule has 0 aliphatic rings. The highest BCUT2D eigenvalue weighted by Gasteiger charge is 2.13. The lowest BCUT2D eigenvalue weighted by Gasteiger charge is -2.14. The Hall–Kier alpha value is -2.69. The number of nitrogens with zero attached hydrogens (tertiary/aromatic N) is 1. The number of oxime groups is 1. The lowest BCUT2D eigenvalue weighted by molar-refractivity contribution is 0.268. The van der Waals surface area contributed by atoms with Gasteiger partial charge in [0.1, 0.15) is 11.5 Å².